The molecule has 1 aliphatic rings. The number of aliphatic hydroxyl groups excluding tert-OH is 1. The number of nitrogens with one attached hydrogen (secondary N) is 4. The highest BCUT2D eigenvalue weighted by Gasteiger charge is 2.23. The number of amides is 3. The molecule has 1 aliphatic carbocycles. The van der Waals surface area contributed by atoms with E-state index in [1.54, 1.807) is 37.2 Å². The molecule has 5 N–H and O–H groups in total. The average Bonchev–Trinajstić information content (AvgIpc) is 3.07. The van der Waals surface area contributed by atoms with Gasteiger partial charge in [0, 0.05) is 56.7 Å². The number of anilines is 1. The normalized spacial score (nSPS) is 13.6. The van der Waals surface area contributed by atoms with Crippen molar-refractivity contribution in [3.63, 3.8) is 0 Å². The van der Waals surface area contributed by atoms with E-state index in [1.807, 2.05) is 37.3 Å². The summed E-state index contributed by atoms with van der Waals surface area (Å²) in [5.41, 5.74) is 3.38. The number of pyridine rings is 1. The molecule has 0 fully saturated rings. The predicted molar refractivity (Wildman–Crippen MR) is 143 cm³/mol. The molecular weight excluding hydrogens is 474 g/mol. The molecule has 3 rings (SSSR count). The zero-order valence-electron chi connectivity index (χ0n) is 21.5. The molecule has 0 saturated carbocycles. The first-order valence-electron chi connectivity index (χ1n) is 12.2. The molecule has 2 aromatic heterocycles. The second-order valence-electron chi connectivity index (χ2n) is 8.30. The second-order valence-corrected chi connectivity index (χ2v) is 8.30. The Balaban J connectivity index is 1.93. The van der Waals surface area contributed by atoms with Crippen LogP contribution in [0, 0.1) is 0 Å². The van der Waals surface area contributed by atoms with E-state index in [2.05, 4.69) is 26.3 Å². The van der Waals surface area contributed by atoms with E-state index in [0.29, 0.717) is 49.7 Å². The first-order chi connectivity index (χ1) is 18.0. The Morgan fingerprint density at radius 2 is 2.08 bits per heavy atom. The summed E-state index contributed by atoms with van der Waals surface area (Å²) in [5, 5.41) is 26.1. The van der Waals surface area contributed by atoms with Gasteiger partial charge in [0.05, 0.1) is 24.9 Å². The Bertz CT molecular complexity index is 1150. The SMILES string of the molecule is CCc1c(-c2ccc(C(=O)NC)nc2)nn(C2=CC=CC=CC2)c1NC(=O)N[C@@H](CO)CNCCOC. The number of carbonyl (C=O) groups is 2. The van der Waals surface area contributed by atoms with Gasteiger partial charge < -0.3 is 25.8 Å². The maximum atomic E-state index is 13.0. The van der Waals surface area contributed by atoms with E-state index >= 15 is 0 Å². The van der Waals surface area contributed by atoms with Crippen LogP contribution in [0.5, 0.6) is 0 Å². The smallest absolute Gasteiger partial charge is 0.320 e. The van der Waals surface area contributed by atoms with Crippen molar-refractivity contribution in [1.29, 1.82) is 0 Å². The molecule has 0 unspecified atom stereocenters. The fraction of sp³-hybridized carbons (Fsp3) is 0.385. The third-order valence-corrected chi connectivity index (χ3v) is 5.74. The third-order valence-electron chi connectivity index (χ3n) is 5.74. The third kappa shape index (κ3) is 7.35. The Kier molecular flexibility index (Phi) is 10.6. The zero-order chi connectivity index (χ0) is 26.6. The highest BCUT2D eigenvalue weighted by molar-refractivity contribution is 5.93. The van der Waals surface area contributed by atoms with Crippen molar-refractivity contribution in [2.24, 2.45) is 0 Å². The number of methoxy groups -OCH3 is 1. The summed E-state index contributed by atoms with van der Waals surface area (Å²) in [7, 11) is 3.17. The number of allylic oxidation sites excluding steroid dienone is 6. The summed E-state index contributed by atoms with van der Waals surface area (Å²) in [6.07, 6.45) is 12.6. The van der Waals surface area contributed by atoms with E-state index in [0.717, 1.165) is 16.8 Å². The van der Waals surface area contributed by atoms with Crippen LogP contribution in [-0.2, 0) is 11.2 Å². The minimum absolute atomic E-state index is 0.220. The Hall–Kier alpha value is -3.80. The van der Waals surface area contributed by atoms with E-state index in [-0.39, 0.29) is 12.5 Å². The van der Waals surface area contributed by atoms with Gasteiger partial charge in [-0.25, -0.2) is 9.48 Å². The standard InChI is InChI=1S/C26H35N7O4/c1-4-21-23(18-11-12-22(29-15-18)25(35)27-2)32-33(20-9-7-5-6-8-10-20)24(21)31-26(36)30-19(17-34)16-28-13-14-37-3/h5-9,11-12,15,19,28,34H,4,10,13-14,16-17H2,1-3H3,(H,27,35)(H2,30,31,36)/t19-/m1/s1. The number of urea groups is 1. The lowest BCUT2D eigenvalue weighted by Gasteiger charge is -2.18. The molecule has 1 atom stereocenters. The zero-order valence-corrected chi connectivity index (χ0v) is 21.5. The van der Waals surface area contributed by atoms with Crippen molar-refractivity contribution in [1.82, 2.24) is 30.7 Å². The quantitative estimate of drug-likeness (QED) is 0.275. The molecular formula is C26H35N7O4. The molecule has 2 aromatic rings. The predicted octanol–water partition coefficient (Wildman–Crippen LogP) is 1.94. The van der Waals surface area contributed by atoms with Gasteiger partial charge >= 0.3 is 6.03 Å². The molecule has 0 saturated heterocycles. The Morgan fingerprint density at radius 1 is 1.24 bits per heavy atom. The van der Waals surface area contributed by atoms with Crippen LogP contribution in [0.2, 0.25) is 0 Å². The van der Waals surface area contributed by atoms with Crippen LogP contribution in [-0.4, -0.2) is 78.3 Å². The number of aliphatic hydroxyl groups is 1. The van der Waals surface area contributed by atoms with Crippen molar-refractivity contribution in [3.05, 3.63) is 60.0 Å². The highest BCUT2D eigenvalue weighted by atomic mass is 16.5. The summed E-state index contributed by atoms with van der Waals surface area (Å²) >= 11 is 0. The van der Waals surface area contributed by atoms with E-state index < -0.39 is 12.1 Å². The van der Waals surface area contributed by atoms with Crippen LogP contribution in [0.1, 0.15) is 29.4 Å². The van der Waals surface area contributed by atoms with Crippen LogP contribution in [0.15, 0.2) is 48.7 Å². The number of nitrogens with zero attached hydrogens (tertiary/aromatic N) is 3. The molecule has 0 radical (unpaired) electrons. The minimum Gasteiger partial charge on any atom is -0.394 e. The van der Waals surface area contributed by atoms with Gasteiger partial charge in [-0.15, -0.1) is 0 Å². The summed E-state index contributed by atoms with van der Waals surface area (Å²) in [4.78, 5) is 29.2. The fourth-order valence-corrected chi connectivity index (χ4v) is 3.81. The fourth-order valence-electron chi connectivity index (χ4n) is 3.81. The largest absolute Gasteiger partial charge is 0.394 e. The summed E-state index contributed by atoms with van der Waals surface area (Å²) in [6, 6.07) is 2.50. The molecule has 0 bridgehead atoms. The van der Waals surface area contributed by atoms with Gasteiger partial charge in [0.1, 0.15) is 11.5 Å². The summed E-state index contributed by atoms with van der Waals surface area (Å²) < 4.78 is 6.74. The van der Waals surface area contributed by atoms with E-state index in [9.17, 15) is 14.7 Å². The maximum Gasteiger partial charge on any atom is 0.320 e. The van der Waals surface area contributed by atoms with Crippen LogP contribution < -0.4 is 21.3 Å². The lowest BCUT2D eigenvalue weighted by molar-refractivity contribution is 0.0958. The lowest BCUT2D eigenvalue weighted by atomic mass is 10.1. The first-order valence-corrected chi connectivity index (χ1v) is 12.2. The van der Waals surface area contributed by atoms with Crippen molar-refractivity contribution in [2.75, 3.05) is 45.8 Å². The van der Waals surface area contributed by atoms with Gasteiger partial charge in [0.25, 0.3) is 5.91 Å². The molecule has 0 spiro atoms. The number of ether oxygens (including phenoxy) is 1. The molecule has 3 amide bonds. The number of rotatable bonds is 12. The molecule has 2 heterocycles. The monoisotopic (exact) mass is 509 g/mol. The van der Waals surface area contributed by atoms with E-state index in [1.165, 1.54) is 0 Å². The van der Waals surface area contributed by atoms with E-state index in [4.69, 9.17) is 9.84 Å². The number of hydrogen-bond acceptors (Lipinski definition) is 7. The molecule has 11 nitrogen and oxygen atoms in total. The summed E-state index contributed by atoms with van der Waals surface area (Å²) in [6.45, 7) is 3.29. The first kappa shape index (κ1) is 27.8. The molecule has 0 aliphatic heterocycles. The van der Waals surface area contributed by atoms with Gasteiger partial charge in [-0.3, -0.25) is 15.1 Å². The van der Waals surface area contributed by atoms with Crippen molar-refractivity contribution in [3.8, 4) is 11.3 Å². The highest BCUT2D eigenvalue weighted by Crippen LogP contribution is 2.32. The Labute approximate surface area is 216 Å². The van der Waals surface area contributed by atoms with Crippen molar-refractivity contribution >= 4 is 23.5 Å². The van der Waals surface area contributed by atoms with Gasteiger partial charge in [-0.2, -0.15) is 5.10 Å². The molecule has 0 aromatic carbocycles. The summed E-state index contributed by atoms with van der Waals surface area (Å²) in [5.74, 6) is 0.258. The number of hydrogen-bond donors (Lipinski definition) is 5. The van der Waals surface area contributed by atoms with Crippen molar-refractivity contribution < 1.29 is 19.4 Å². The number of aromatic nitrogens is 3. The van der Waals surface area contributed by atoms with Crippen LogP contribution >= 0.6 is 0 Å². The van der Waals surface area contributed by atoms with Gasteiger partial charge in [0.2, 0.25) is 0 Å². The maximum absolute atomic E-state index is 13.0. The number of carbonyl (C=O) groups excluding carboxylic acids is 2. The van der Waals surface area contributed by atoms with Gasteiger partial charge in [-0.05, 0) is 24.6 Å². The van der Waals surface area contributed by atoms with Crippen LogP contribution in [0.4, 0.5) is 10.6 Å². The van der Waals surface area contributed by atoms with Crippen LogP contribution in [0.25, 0.3) is 17.0 Å². The molecule has 37 heavy (non-hydrogen) atoms. The Morgan fingerprint density at radius 3 is 2.76 bits per heavy atom. The van der Waals surface area contributed by atoms with Gasteiger partial charge in [0.15, 0.2) is 0 Å². The minimum atomic E-state index is -0.484. The van der Waals surface area contributed by atoms with Crippen LogP contribution in [0.3, 0.4) is 0 Å². The van der Waals surface area contributed by atoms with Gasteiger partial charge in [-0.1, -0.05) is 31.2 Å². The van der Waals surface area contributed by atoms with Crippen molar-refractivity contribution in [2.45, 2.75) is 25.8 Å². The second kappa shape index (κ2) is 14.1. The average molecular weight is 510 g/mol. The molecule has 198 valence electrons. The lowest BCUT2D eigenvalue weighted by Crippen LogP contribution is -2.46. The topological polar surface area (TPSA) is 142 Å². The molecule has 11 heteroatoms.